The van der Waals surface area contributed by atoms with E-state index in [1.807, 2.05) is 42.6 Å². The molecule has 3 heterocycles. The summed E-state index contributed by atoms with van der Waals surface area (Å²) in [6.07, 6.45) is 6.13. The minimum Gasteiger partial charge on any atom is -0.306 e. The fourth-order valence-electron chi connectivity index (χ4n) is 3.28. The van der Waals surface area contributed by atoms with Crippen LogP contribution in [0.5, 0.6) is 0 Å². The average Bonchev–Trinajstić information content (AvgIpc) is 2.79. The van der Waals surface area contributed by atoms with Gasteiger partial charge in [-0.15, -0.1) is 0 Å². The van der Waals surface area contributed by atoms with Crippen LogP contribution in [0, 0.1) is 0 Å². The third-order valence-corrected chi connectivity index (χ3v) is 4.87. The molecule has 6 nitrogen and oxygen atoms in total. The maximum atomic E-state index is 12.1. The number of nitrogens with zero attached hydrogens (tertiary/aromatic N) is 4. The molecule has 0 spiro atoms. The van der Waals surface area contributed by atoms with Crippen LogP contribution < -0.4 is 5.56 Å². The number of rotatable bonds is 7. The molecular formula is C24H23N5O. The summed E-state index contributed by atoms with van der Waals surface area (Å²) in [5.74, 6) is 0.560. The average molecular weight is 397 g/mol. The van der Waals surface area contributed by atoms with E-state index in [1.54, 1.807) is 12.4 Å². The monoisotopic (exact) mass is 397 g/mol. The molecule has 0 aliphatic heterocycles. The van der Waals surface area contributed by atoms with Crippen molar-refractivity contribution in [1.29, 1.82) is 0 Å². The lowest BCUT2D eigenvalue weighted by atomic mass is 10.1. The standard InChI is InChI=1S/C24H23N5O/c1-29(15-11-21-4-2-3-12-26-21)17-18-5-7-20(8-6-18)24-27-22(16-23(30)28-24)19-9-13-25-14-10-19/h2-10,12-14,16H,11,15,17H2,1H3,(H,27,28,30). The largest absolute Gasteiger partial charge is 0.306 e. The molecule has 0 unspecified atom stereocenters. The second kappa shape index (κ2) is 9.24. The Balaban J connectivity index is 1.44. The first-order valence-corrected chi connectivity index (χ1v) is 9.87. The summed E-state index contributed by atoms with van der Waals surface area (Å²) in [5, 5.41) is 0. The Morgan fingerprint density at radius 1 is 0.933 bits per heavy atom. The molecule has 0 amide bonds. The van der Waals surface area contributed by atoms with E-state index in [9.17, 15) is 4.79 Å². The number of H-pyrrole nitrogens is 1. The van der Waals surface area contributed by atoms with Crippen molar-refractivity contribution in [3.05, 3.63) is 101 Å². The summed E-state index contributed by atoms with van der Waals surface area (Å²) in [4.78, 5) is 30.3. The van der Waals surface area contributed by atoms with Gasteiger partial charge in [0.05, 0.1) is 5.69 Å². The number of aromatic amines is 1. The molecule has 150 valence electrons. The van der Waals surface area contributed by atoms with Crippen LogP contribution >= 0.6 is 0 Å². The van der Waals surface area contributed by atoms with Crippen molar-refractivity contribution < 1.29 is 0 Å². The lowest BCUT2D eigenvalue weighted by molar-refractivity contribution is 0.330. The summed E-state index contributed by atoms with van der Waals surface area (Å²) in [7, 11) is 2.11. The van der Waals surface area contributed by atoms with E-state index in [-0.39, 0.29) is 5.56 Å². The molecule has 6 heteroatoms. The molecule has 0 fully saturated rings. The highest BCUT2D eigenvalue weighted by Gasteiger charge is 2.07. The zero-order valence-electron chi connectivity index (χ0n) is 16.8. The first kappa shape index (κ1) is 19.7. The van der Waals surface area contributed by atoms with Crippen molar-refractivity contribution in [1.82, 2.24) is 24.8 Å². The Kier molecular flexibility index (Phi) is 6.06. The van der Waals surface area contributed by atoms with Crippen molar-refractivity contribution in [2.45, 2.75) is 13.0 Å². The summed E-state index contributed by atoms with van der Waals surface area (Å²) in [5.41, 5.74) is 4.50. The Hall–Kier alpha value is -3.64. The number of benzene rings is 1. The van der Waals surface area contributed by atoms with E-state index in [1.165, 1.54) is 11.6 Å². The van der Waals surface area contributed by atoms with Gasteiger partial charge in [0, 0.05) is 61.0 Å². The molecule has 0 radical (unpaired) electrons. The van der Waals surface area contributed by atoms with Gasteiger partial charge >= 0.3 is 0 Å². The molecular weight excluding hydrogens is 374 g/mol. The van der Waals surface area contributed by atoms with Gasteiger partial charge in [-0.25, -0.2) is 4.98 Å². The number of nitrogens with one attached hydrogen (secondary N) is 1. The summed E-state index contributed by atoms with van der Waals surface area (Å²) in [6.45, 7) is 1.77. The third kappa shape index (κ3) is 5.04. The number of pyridine rings is 2. The topological polar surface area (TPSA) is 74.8 Å². The molecule has 0 saturated heterocycles. The van der Waals surface area contributed by atoms with Gasteiger partial charge < -0.3 is 9.88 Å². The van der Waals surface area contributed by atoms with E-state index < -0.39 is 0 Å². The predicted octanol–water partition coefficient (Wildman–Crippen LogP) is 3.57. The summed E-state index contributed by atoms with van der Waals surface area (Å²) < 4.78 is 0. The van der Waals surface area contributed by atoms with E-state index >= 15 is 0 Å². The van der Waals surface area contributed by atoms with Gasteiger partial charge in [-0.1, -0.05) is 30.3 Å². The molecule has 0 aliphatic rings. The van der Waals surface area contributed by atoms with Crippen LogP contribution in [0.25, 0.3) is 22.6 Å². The molecule has 0 saturated carbocycles. The van der Waals surface area contributed by atoms with Crippen molar-refractivity contribution in [3.8, 4) is 22.6 Å². The van der Waals surface area contributed by atoms with Crippen molar-refractivity contribution in [2.24, 2.45) is 0 Å². The Morgan fingerprint density at radius 2 is 1.73 bits per heavy atom. The van der Waals surface area contributed by atoms with E-state index in [4.69, 9.17) is 0 Å². The highest BCUT2D eigenvalue weighted by molar-refractivity contribution is 5.63. The SMILES string of the molecule is CN(CCc1ccccn1)Cc1ccc(-c2nc(-c3ccncc3)cc(=O)[nH]2)cc1. The summed E-state index contributed by atoms with van der Waals surface area (Å²) in [6, 6.07) is 19.3. The molecule has 0 aliphatic carbocycles. The molecule has 4 aromatic rings. The van der Waals surface area contributed by atoms with Gasteiger partial charge in [-0.05, 0) is 36.9 Å². The molecule has 3 aromatic heterocycles. The molecule has 1 aromatic carbocycles. The fourth-order valence-corrected chi connectivity index (χ4v) is 3.28. The first-order valence-electron chi connectivity index (χ1n) is 9.87. The molecule has 0 bridgehead atoms. The van der Waals surface area contributed by atoms with Crippen LogP contribution in [0.15, 0.2) is 84.0 Å². The van der Waals surface area contributed by atoms with Crippen LogP contribution in [0.3, 0.4) is 0 Å². The smallest absolute Gasteiger partial charge is 0.251 e. The second-order valence-electron chi connectivity index (χ2n) is 7.22. The van der Waals surface area contributed by atoms with Crippen LogP contribution in [-0.2, 0) is 13.0 Å². The zero-order valence-corrected chi connectivity index (χ0v) is 16.8. The molecule has 30 heavy (non-hydrogen) atoms. The van der Waals surface area contributed by atoms with E-state index in [2.05, 4.69) is 50.1 Å². The van der Waals surface area contributed by atoms with Gasteiger partial charge in [0.15, 0.2) is 0 Å². The Labute approximate surface area is 175 Å². The van der Waals surface area contributed by atoms with Crippen molar-refractivity contribution in [3.63, 3.8) is 0 Å². The second-order valence-corrected chi connectivity index (χ2v) is 7.22. The number of aromatic nitrogens is 4. The maximum absolute atomic E-state index is 12.1. The number of likely N-dealkylation sites (N-methyl/N-ethyl adjacent to an activating group) is 1. The molecule has 1 N–H and O–H groups in total. The number of hydrogen-bond donors (Lipinski definition) is 1. The number of hydrogen-bond acceptors (Lipinski definition) is 5. The van der Waals surface area contributed by atoms with Gasteiger partial charge in [0.25, 0.3) is 5.56 Å². The quantitative estimate of drug-likeness (QED) is 0.516. The van der Waals surface area contributed by atoms with Gasteiger partial charge in [-0.3, -0.25) is 14.8 Å². The predicted molar refractivity (Wildman–Crippen MR) is 118 cm³/mol. The van der Waals surface area contributed by atoms with Crippen LogP contribution in [0.1, 0.15) is 11.3 Å². The minimum atomic E-state index is -0.176. The molecule has 0 atom stereocenters. The normalized spacial score (nSPS) is 11.0. The van der Waals surface area contributed by atoms with Gasteiger partial charge in [0.2, 0.25) is 0 Å². The Morgan fingerprint density at radius 3 is 2.47 bits per heavy atom. The molecule has 4 rings (SSSR count). The maximum Gasteiger partial charge on any atom is 0.251 e. The summed E-state index contributed by atoms with van der Waals surface area (Å²) >= 11 is 0. The lowest BCUT2D eigenvalue weighted by Crippen LogP contribution is -2.21. The fraction of sp³-hybridized carbons (Fsp3) is 0.167. The van der Waals surface area contributed by atoms with Crippen LogP contribution in [0.4, 0.5) is 0 Å². The highest BCUT2D eigenvalue weighted by atomic mass is 16.1. The van der Waals surface area contributed by atoms with Crippen molar-refractivity contribution >= 4 is 0 Å². The van der Waals surface area contributed by atoms with Gasteiger partial charge in [0.1, 0.15) is 5.82 Å². The zero-order chi connectivity index (χ0) is 20.8. The van der Waals surface area contributed by atoms with Gasteiger partial charge in [-0.2, -0.15) is 0 Å². The van der Waals surface area contributed by atoms with Crippen LogP contribution in [0.2, 0.25) is 0 Å². The third-order valence-electron chi connectivity index (χ3n) is 4.87. The highest BCUT2D eigenvalue weighted by Crippen LogP contribution is 2.19. The lowest BCUT2D eigenvalue weighted by Gasteiger charge is -2.16. The first-order chi connectivity index (χ1) is 14.7. The Bertz CT molecular complexity index is 1140. The minimum absolute atomic E-state index is 0.176. The van der Waals surface area contributed by atoms with Crippen molar-refractivity contribution in [2.75, 3.05) is 13.6 Å². The van der Waals surface area contributed by atoms with Crippen LogP contribution in [-0.4, -0.2) is 38.4 Å². The van der Waals surface area contributed by atoms with E-state index in [0.29, 0.717) is 11.5 Å². The van der Waals surface area contributed by atoms with E-state index in [0.717, 1.165) is 36.3 Å².